The Bertz CT molecular complexity index is 295. The third-order valence-electron chi connectivity index (χ3n) is 2.56. The molecule has 1 aromatic carbocycles. The van der Waals surface area contributed by atoms with Crippen LogP contribution < -0.4 is 5.32 Å². The minimum atomic E-state index is 0.124. The van der Waals surface area contributed by atoms with Gasteiger partial charge in [-0.05, 0) is 19.0 Å². The summed E-state index contributed by atoms with van der Waals surface area (Å²) in [6, 6.07) is 10.1. The van der Waals surface area contributed by atoms with Gasteiger partial charge in [-0.3, -0.25) is 4.79 Å². The van der Waals surface area contributed by atoms with Crippen LogP contribution in [0.2, 0.25) is 0 Å². The van der Waals surface area contributed by atoms with E-state index in [4.69, 9.17) is 0 Å². The second kappa shape index (κ2) is 6.36. The van der Waals surface area contributed by atoms with Crippen molar-refractivity contribution in [3.05, 3.63) is 35.9 Å². The normalized spacial score (nSPS) is 12.4. The minimum absolute atomic E-state index is 0.124. The molecule has 0 saturated carbocycles. The number of carbonyl (C=O) groups is 1. The Kier molecular flexibility index (Phi) is 5.05. The number of nitrogens with one attached hydrogen (secondary N) is 1. The van der Waals surface area contributed by atoms with Crippen LogP contribution in [0.4, 0.5) is 0 Å². The van der Waals surface area contributed by atoms with Crippen LogP contribution in [-0.2, 0) is 11.2 Å². The van der Waals surface area contributed by atoms with E-state index >= 15 is 0 Å². The van der Waals surface area contributed by atoms with Gasteiger partial charge in [-0.1, -0.05) is 37.3 Å². The molecule has 1 atom stereocenters. The summed E-state index contributed by atoms with van der Waals surface area (Å²) in [4.78, 5) is 11.7. The van der Waals surface area contributed by atoms with Gasteiger partial charge in [0, 0.05) is 18.9 Å². The van der Waals surface area contributed by atoms with Crippen LogP contribution in [0, 0.1) is 5.92 Å². The first-order chi connectivity index (χ1) is 7.24. The maximum atomic E-state index is 11.7. The smallest absolute Gasteiger partial charge is 0.137 e. The monoisotopic (exact) mass is 205 g/mol. The molecule has 0 fully saturated rings. The van der Waals surface area contributed by atoms with Crippen molar-refractivity contribution in [1.82, 2.24) is 5.32 Å². The van der Waals surface area contributed by atoms with Gasteiger partial charge in [0.25, 0.3) is 0 Å². The summed E-state index contributed by atoms with van der Waals surface area (Å²) >= 11 is 0. The molecule has 0 bridgehead atoms. The van der Waals surface area contributed by atoms with Gasteiger partial charge < -0.3 is 5.32 Å². The zero-order valence-electron chi connectivity index (χ0n) is 9.49. The van der Waals surface area contributed by atoms with Crippen molar-refractivity contribution in [1.29, 1.82) is 0 Å². The predicted molar refractivity (Wildman–Crippen MR) is 62.9 cm³/mol. The molecule has 0 aliphatic rings. The lowest BCUT2D eigenvalue weighted by Crippen LogP contribution is -2.23. The van der Waals surface area contributed by atoms with E-state index in [1.54, 1.807) is 0 Å². The Morgan fingerprint density at radius 1 is 1.33 bits per heavy atom. The Balaban J connectivity index is 2.34. The van der Waals surface area contributed by atoms with E-state index in [1.807, 2.05) is 32.2 Å². The first-order valence-electron chi connectivity index (χ1n) is 5.45. The maximum absolute atomic E-state index is 11.7. The Hall–Kier alpha value is -1.15. The van der Waals surface area contributed by atoms with Crippen molar-refractivity contribution in [2.24, 2.45) is 5.92 Å². The molecule has 1 rings (SSSR count). The number of benzene rings is 1. The first-order valence-corrected chi connectivity index (χ1v) is 5.45. The van der Waals surface area contributed by atoms with E-state index in [0.29, 0.717) is 12.2 Å². The number of ketones is 1. The van der Waals surface area contributed by atoms with Crippen molar-refractivity contribution in [3.63, 3.8) is 0 Å². The Labute approximate surface area is 91.7 Å². The third-order valence-corrected chi connectivity index (χ3v) is 2.56. The number of Topliss-reactive ketones (excluding diaryl/α,β-unsaturated/α-hetero) is 1. The highest BCUT2D eigenvalue weighted by atomic mass is 16.1. The molecule has 0 saturated heterocycles. The molecular weight excluding hydrogens is 186 g/mol. The fourth-order valence-corrected chi connectivity index (χ4v) is 1.58. The van der Waals surface area contributed by atoms with E-state index in [1.165, 1.54) is 5.56 Å². The Morgan fingerprint density at radius 2 is 2.00 bits per heavy atom. The fraction of sp³-hybridized carbons (Fsp3) is 0.462. The first kappa shape index (κ1) is 11.9. The average Bonchev–Trinajstić information content (AvgIpc) is 2.27. The van der Waals surface area contributed by atoms with Crippen molar-refractivity contribution < 1.29 is 4.79 Å². The molecule has 1 N–H and O–H groups in total. The molecule has 0 heterocycles. The molecule has 82 valence electrons. The molecular formula is C13H19NO. The van der Waals surface area contributed by atoms with Crippen LogP contribution in [-0.4, -0.2) is 19.4 Å². The van der Waals surface area contributed by atoms with Crippen LogP contribution in [0.1, 0.15) is 18.9 Å². The molecule has 15 heavy (non-hydrogen) atoms. The highest BCUT2D eigenvalue weighted by Gasteiger charge is 2.11. The number of hydrogen-bond donors (Lipinski definition) is 1. The number of carbonyl (C=O) groups excluding carboxylic acids is 1. The van der Waals surface area contributed by atoms with Crippen LogP contribution in [0.3, 0.4) is 0 Å². The molecule has 1 aromatic rings. The van der Waals surface area contributed by atoms with E-state index in [0.717, 1.165) is 13.0 Å². The summed E-state index contributed by atoms with van der Waals surface area (Å²) in [5.74, 6) is 0.465. The molecule has 0 amide bonds. The lowest BCUT2D eigenvalue weighted by Gasteiger charge is -2.09. The topological polar surface area (TPSA) is 29.1 Å². The largest absolute Gasteiger partial charge is 0.319 e. The van der Waals surface area contributed by atoms with Crippen LogP contribution >= 0.6 is 0 Å². The molecule has 0 aliphatic heterocycles. The van der Waals surface area contributed by atoms with Crippen LogP contribution in [0.25, 0.3) is 0 Å². The van der Waals surface area contributed by atoms with Crippen LogP contribution in [0.15, 0.2) is 30.3 Å². The van der Waals surface area contributed by atoms with Gasteiger partial charge >= 0.3 is 0 Å². The highest BCUT2D eigenvalue weighted by Crippen LogP contribution is 2.06. The number of rotatable bonds is 6. The highest BCUT2D eigenvalue weighted by molar-refractivity contribution is 5.81. The van der Waals surface area contributed by atoms with Crippen molar-refractivity contribution in [3.8, 4) is 0 Å². The summed E-state index contributed by atoms with van der Waals surface area (Å²) < 4.78 is 0. The summed E-state index contributed by atoms with van der Waals surface area (Å²) in [6.45, 7) is 2.75. The SMILES string of the molecule is CNCC(C)C(=O)CCc1ccccc1. The molecule has 0 radical (unpaired) electrons. The minimum Gasteiger partial charge on any atom is -0.319 e. The van der Waals surface area contributed by atoms with Crippen molar-refractivity contribution in [2.75, 3.05) is 13.6 Å². The third kappa shape index (κ3) is 4.26. The molecule has 2 heteroatoms. The molecule has 2 nitrogen and oxygen atoms in total. The van der Waals surface area contributed by atoms with Crippen LogP contribution in [0.5, 0.6) is 0 Å². The van der Waals surface area contributed by atoms with E-state index in [-0.39, 0.29) is 5.92 Å². The van der Waals surface area contributed by atoms with Gasteiger partial charge in [0.05, 0.1) is 0 Å². The van der Waals surface area contributed by atoms with E-state index in [9.17, 15) is 4.79 Å². The van der Waals surface area contributed by atoms with Gasteiger partial charge in [0.1, 0.15) is 5.78 Å². The van der Waals surface area contributed by atoms with Crippen molar-refractivity contribution >= 4 is 5.78 Å². The fourth-order valence-electron chi connectivity index (χ4n) is 1.58. The number of hydrogen-bond acceptors (Lipinski definition) is 2. The van der Waals surface area contributed by atoms with Gasteiger partial charge in [-0.15, -0.1) is 0 Å². The predicted octanol–water partition coefficient (Wildman–Crippen LogP) is 2.04. The summed E-state index contributed by atoms with van der Waals surface area (Å²) in [7, 11) is 1.88. The van der Waals surface area contributed by atoms with Gasteiger partial charge in [0.2, 0.25) is 0 Å². The average molecular weight is 205 g/mol. The molecule has 0 aliphatic carbocycles. The Morgan fingerprint density at radius 3 is 2.60 bits per heavy atom. The quantitative estimate of drug-likeness (QED) is 0.770. The van der Waals surface area contributed by atoms with E-state index < -0.39 is 0 Å². The standard InChI is InChI=1S/C13H19NO/c1-11(10-14-2)13(15)9-8-12-6-4-3-5-7-12/h3-7,11,14H,8-10H2,1-2H3. The summed E-state index contributed by atoms with van der Waals surface area (Å²) in [6.07, 6.45) is 1.50. The lowest BCUT2D eigenvalue weighted by molar-refractivity contribution is -0.122. The van der Waals surface area contributed by atoms with Gasteiger partial charge in [0.15, 0.2) is 0 Å². The zero-order valence-corrected chi connectivity index (χ0v) is 9.49. The summed E-state index contributed by atoms with van der Waals surface area (Å²) in [5, 5.41) is 3.03. The molecule has 1 unspecified atom stereocenters. The maximum Gasteiger partial charge on any atom is 0.137 e. The second-order valence-corrected chi connectivity index (χ2v) is 3.91. The van der Waals surface area contributed by atoms with Gasteiger partial charge in [-0.25, -0.2) is 0 Å². The number of aryl methyl sites for hydroxylation is 1. The van der Waals surface area contributed by atoms with Gasteiger partial charge in [-0.2, -0.15) is 0 Å². The molecule has 0 aromatic heterocycles. The second-order valence-electron chi connectivity index (χ2n) is 3.91. The lowest BCUT2D eigenvalue weighted by atomic mass is 9.99. The summed E-state index contributed by atoms with van der Waals surface area (Å²) in [5.41, 5.74) is 1.24. The zero-order chi connectivity index (χ0) is 11.1. The molecule has 0 spiro atoms. The van der Waals surface area contributed by atoms with Crippen molar-refractivity contribution in [2.45, 2.75) is 19.8 Å². The van der Waals surface area contributed by atoms with E-state index in [2.05, 4.69) is 17.4 Å².